The highest BCUT2D eigenvalue weighted by Gasteiger charge is 2.06. The second-order valence-corrected chi connectivity index (χ2v) is 6.81. The normalized spacial score (nSPS) is 13.9. The van der Waals surface area contributed by atoms with E-state index >= 15 is 0 Å². The largest absolute Gasteiger partial charge is 0.209 e. The summed E-state index contributed by atoms with van der Waals surface area (Å²) < 4.78 is 13.8. The number of rotatable bonds is 11. The van der Waals surface area contributed by atoms with Gasteiger partial charge in [0.25, 0.3) is 0 Å². The van der Waals surface area contributed by atoms with Gasteiger partial charge in [-0.25, -0.2) is 4.36 Å². The highest BCUT2D eigenvalue weighted by molar-refractivity contribution is 8.25. The van der Waals surface area contributed by atoms with Crippen molar-refractivity contribution >= 4 is 18.4 Å². The Morgan fingerprint density at radius 1 is 0.941 bits per heavy atom. The van der Waals surface area contributed by atoms with E-state index in [-0.39, 0.29) is 0 Å². The van der Waals surface area contributed by atoms with E-state index < -0.39 is 9.94 Å². The van der Waals surface area contributed by atoms with Crippen LogP contribution >= 0.6 is 8.44 Å². The molecule has 0 aromatic carbocycles. The lowest BCUT2D eigenvalue weighted by atomic mass is 10.0. The Hall–Kier alpha value is 0.160. The standard InChI is InChI=1S/C13H29N2PS/c1-3-5-7-8-10-12-13(15-17(14)16)11-9-6-4-2/h13H,3-12,16H2,1-2H3/t13-/m1/s1. The zero-order valence-corrected chi connectivity index (χ0v) is 13.5. The summed E-state index contributed by atoms with van der Waals surface area (Å²) in [6, 6.07) is 0.383. The first-order valence-electron chi connectivity index (χ1n) is 7.09. The molecular weight excluding hydrogens is 247 g/mol. The van der Waals surface area contributed by atoms with Crippen molar-refractivity contribution in [3.63, 3.8) is 0 Å². The Labute approximate surface area is 112 Å². The van der Waals surface area contributed by atoms with E-state index in [0.717, 1.165) is 12.8 Å². The van der Waals surface area contributed by atoms with Crippen LogP contribution in [0.5, 0.6) is 0 Å². The molecule has 2 nitrogen and oxygen atoms in total. The van der Waals surface area contributed by atoms with Crippen molar-refractivity contribution in [2.45, 2.75) is 84.1 Å². The lowest BCUT2D eigenvalue weighted by Gasteiger charge is -2.10. The van der Waals surface area contributed by atoms with Crippen LogP contribution in [0.2, 0.25) is 0 Å². The van der Waals surface area contributed by atoms with E-state index in [1.54, 1.807) is 0 Å². The van der Waals surface area contributed by atoms with Gasteiger partial charge in [0.2, 0.25) is 0 Å². The summed E-state index contributed by atoms with van der Waals surface area (Å²) in [4.78, 5) is 0. The second-order valence-electron chi connectivity index (χ2n) is 4.75. The number of hydrogen-bond acceptors (Lipinski definition) is 2. The Kier molecular flexibility index (Phi) is 12.7. The SMILES string of the molecule is CCCCCCC[C@@H](CCCCC)N=S(#N)P. The van der Waals surface area contributed by atoms with E-state index in [4.69, 9.17) is 0 Å². The van der Waals surface area contributed by atoms with Gasteiger partial charge in [0.15, 0.2) is 0 Å². The Bertz CT molecular complexity index is 285. The molecule has 0 radical (unpaired) electrons. The van der Waals surface area contributed by atoms with Crippen molar-refractivity contribution in [1.82, 2.24) is 0 Å². The van der Waals surface area contributed by atoms with Gasteiger partial charge >= 0.3 is 0 Å². The number of nitrogens with zero attached hydrogens (tertiary/aromatic N) is 2. The van der Waals surface area contributed by atoms with Crippen molar-refractivity contribution < 1.29 is 0 Å². The summed E-state index contributed by atoms with van der Waals surface area (Å²) in [5.74, 6) is 0. The Balaban J connectivity index is 3.79. The molecule has 0 saturated carbocycles. The zero-order valence-electron chi connectivity index (χ0n) is 11.5. The Morgan fingerprint density at radius 2 is 1.41 bits per heavy atom. The lowest BCUT2D eigenvalue weighted by Crippen LogP contribution is -2.04. The first kappa shape index (κ1) is 17.2. The van der Waals surface area contributed by atoms with Crippen LogP contribution in [0.4, 0.5) is 0 Å². The molecule has 0 saturated heterocycles. The molecule has 102 valence electrons. The third-order valence-electron chi connectivity index (χ3n) is 3.04. The smallest absolute Gasteiger partial charge is 0.0638 e. The van der Waals surface area contributed by atoms with Crippen LogP contribution in [0.15, 0.2) is 4.36 Å². The van der Waals surface area contributed by atoms with Gasteiger partial charge in [0.1, 0.15) is 0 Å². The van der Waals surface area contributed by atoms with E-state index in [1.165, 1.54) is 51.4 Å². The monoisotopic (exact) mass is 276 g/mol. The molecule has 0 bridgehead atoms. The quantitative estimate of drug-likeness (QED) is 0.369. The fourth-order valence-corrected chi connectivity index (χ4v) is 3.05. The van der Waals surface area contributed by atoms with Gasteiger partial charge < -0.3 is 0 Å². The van der Waals surface area contributed by atoms with Crippen LogP contribution < -0.4 is 0 Å². The maximum Gasteiger partial charge on any atom is 0.0638 e. The molecule has 0 amide bonds. The first-order chi connectivity index (χ1) is 8.20. The molecule has 0 rings (SSSR count). The molecule has 0 aliphatic carbocycles. The molecule has 0 aliphatic heterocycles. The highest BCUT2D eigenvalue weighted by Crippen LogP contribution is 2.16. The van der Waals surface area contributed by atoms with Crippen molar-refractivity contribution in [1.29, 1.82) is 4.61 Å². The van der Waals surface area contributed by atoms with Crippen molar-refractivity contribution in [2.75, 3.05) is 0 Å². The minimum atomic E-state index is -0.818. The van der Waals surface area contributed by atoms with Gasteiger partial charge in [-0.2, -0.15) is 4.61 Å². The predicted octanol–water partition coefficient (Wildman–Crippen LogP) is 5.37. The average molecular weight is 276 g/mol. The summed E-state index contributed by atoms with van der Waals surface area (Å²) in [5, 5.41) is 0. The molecule has 0 aromatic rings. The van der Waals surface area contributed by atoms with Gasteiger partial charge in [-0.05, 0) is 21.3 Å². The predicted molar refractivity (Wildman–Crippen MR) is 82.5 cm³/mol. The fraction of sp³-hybridized carbons (Fsp3) is 1.00. The van der Waals surface area contributed by atoms with Crippen LogP contribution in [0.3, 0.4) is 0 Å². The maximum atomic E-state index is 9.34. The Morgan fingerprint density at radius 3 is 1.94 bits per heavy atom. The molecule has 17 heavy (non-hydrogen) atoms. The average Bonchev–Trinajstić information content (AvgIpc) is 2.28. The van der Waals surface area contributed by atoms with E-state index in [9.17, 15) is 4.61 Å². The summed E-state index contributed by atoms with van der Waals surface area (Å²) >= 11 is 0. The van der Waals surface area contributed by atoms with Crippen LogP contribution in [0.25, 0.3) is 0 Å². The summed E-state index contributed by atoms with van der Waals surface area (Å²) in [6.45, 7) is 4.47. The van der Waals surface area contributed by atoms with Crippen molar-refractivity contribution in [2.24, 2.45) is 4.36 Å². The third-order valence-corrected chi connectivity index (χ3v) is 3.92. The fourth-order valence-electron chi connectivity index (χ4n) is 2.02. The first-order valence-corrected chi connectivity index (χ1v) is 9.71. The van der Waals surface area contributed by atoms with Gasteiger partial charge in [0, 0.05) is 0 Å². The molecule has 0 spiro atoms. The molecule has 1 unspecified atom stereocenters. The van der Waals surface area contributed by atoms with E-state index in [2.05, 4.69) is 26.7 Å². The molecule has 0 aromatic heterocycles. The topological polar surface area (TPSA) is 36.1 Å². The second kappa shape index (κ2) is 12.6. The third kappa shape index (κ3) is 12.4. The summed E-state index contributed by atoms with van der Waals surface area (Å²) in [5.41, 5.74) is 0. The molecule has 0 heterocycles. The number of hydrogen-bond donors (Lipinski definition) is 0. The number of unbranched alkanes of at least 4 members (excludes halogenated alkanes) is 6. The summed E-state index contributed by atoms with van der Waals surface area (Å²) in [6.07, 6.45) is 12.7. The minimum absolute atomic E-state index is 0.383. The van der Waals surface area contributed by atoms with Crippen LogP contribution in [-0.4, -0.2) is 6.04 Å². The molecule has 2 atom stereocenters. The van der Waals surface area contributed by atoms with Crippen LogP contribution in [0, 0.1) is 4.61 Å². The molecule has 4 heteroatoms. The van der Waals surface area contributed by atoms with Crippen molar-refractivity contribution in [3.05, 3.63) is 0 Å². The van der Waals surface area contributed by atoms with Gasteiger partial charge in [0.05, 0.1) is 16.0 Å². The lowest BCUT2D eigenvalue weighted by molar-refractivity contribution is 0.500. The van der Waals surface area contributed by atoms with E-state index in [1.807, 2.05) is 0 Å². The summed E-state index contributed by atoms with van der Waals surface area (Å²) in [7, 11) is 1.57. The van der Waals surface area contributed by atoms with Gasteiger partial charge in [-0.1, -0.05) is 65.2 Å². The molecular formula is C13H29N2PS. The molecule has 0 N–H and O–H groups in total. The molecule has 0 fully saturated rings. The zero-order chi connectivity index (χ0) is 12.9. The van der Waals surface area contributed by atoms with Crippen LogP contribution in [-0.2, 0) is 9.94 Å². The van der Waals surface area contributed by atoms with Crippen LogP contribution in [0.1, 0.15) is 78.1 Å². The van der Waals surface area contributed by atoms with Crippen molar-refractivity contribution in [3.8, 4) is 0 Å². The minimum Gasteiger partial charge on any atom is -0.209 e. The van der Waals surface area contributed by atoms with E-state index in [0.29, 0.717) is 6.04 Å². The highest BCUT2D eigenvalue weighted by atomic mass is 32.7. The van der Waals surface area contributed by atoms with Gasteiger partial charge in [-0.15, -0.1) is 0 Å². The maximum absolute atomic E-state index is 9.34. The molecule has 0 aliphatic rings. The van der Waals surface area contributed by atoms with Gasteiger partial charge in [-0.3, -0.25) is 0 Å².